The molecule has 5 heteroatoms. The van der Waals surface area contributed by atoms with Crippen LogP contribution in [0.2, 0.25) is 0 Å². The minimum Gasteiger partial charge on any atom is -0.497 e. The lowest BCUT2D eigenvalue weighted by atomic mass is 9.92. The molecule has 2 heterocycles. The lowest BCUT2D eigenvalue weighted by Crippen LogP contribution is -1.99. The Hall–Kier alpha value is -3.73. The van der Waals surface area contributed by atoms with Crippen molar-refractivity contribution < 1.29 is 9.47 Å². The van der Waals surface area contributed by atoms with Gasteiger partial charge in [0.15, 0.2) is 0 Å². The molecule has 138 valence electrons. The highest BCUT2D eigenvalue weighted by Crippen LogP contribution is 2.39. The third-order valence-corrected chi connectivity index (χ3v) is 5.02. The minimum atomic E-state index is -0.203. The molecule has 0 atom stereocenters. The summed E-state index contributed by atoms with van der Waals surface area (Å²) in [5.41, 5.74) is 6.71. The smallest absolute Gasteiger partial charge is 0.323 e. The van der Waals surface area contributed by atoms with Crippen molar-refractivity contribution in [3.63, 3.8) is 0 Å². The zero-order valence-electron chi connectivity index (χ0n) is 15.3. The summed E-state index contributed by atoms with van der Waals surface area (Å²) < 4.78 is 11.5. The van der Waals surface area contributed by atoms with Crippen LogP contribution in [0, 0.1) is 0 Å². The van der Waals surface area contributed by atoms with E-state index in [2.05, 4.69) is 28.2 Å². The van der Waals surface area contributed by atoms with E-state index in [0.717, 1.165) is 50.4 Å². The standard InChI is InChI=1S/C23H18N2O3/c1-27-16-7-8-18-19(10-14-6-9-20-21(11-14)25-23(26)24-20)17-5-3-2-4-15(17)13-28-22(18)12-16/h2-12H,13H2,1H3,(H2,24,25,26). The summed E-state index contributed by atoms with van der Waals surface area (Å²) in [5, 5.41) is 0. The lowest BCUT2D eigenvalue weighted by molar-refractivity contribution is 0.304. The van der Waals surface area contributed by atoms with Crippen molar-refractivity contribution in [3.8, 4) is 11.5 Å². The van der Waals surface area contributed by atoms with Crippen LogP contribution in [0.5, 0.6) is 11.5 Å². The molecule has 0 fully saturated rings. The highest BCUT2D eigenvalue weighted by molar-refractivity contribution is 5.96. The summed E-state index contributed by atoms with van der Waals surface area (Å²) in [7, 11) is 1.65. The first-order chi connectivity index (χ1) is 13.7. The molecule has 0 unspecified atom stereocenters. The SMILES string of the molecule is COc1ccc2c(c1)OCc1ccccc1C2=Cc1ccc2[nH]c(=O)[nH]c2c1. The first kappa shape index (κ1) is 16.4. The van der Waals surface area contributed by atoms with Gasteiger partial charge in [-0.05, 0) is 52.6 Å². The van der Waals surface area contributed by atoms with Crippen molar-refractivity contribution in [2.75, 3.05) is 7.11 Å². The first-order valence-corrected chi connectivity index (χ1v) is 9.04. The molecule has 0 bridgehead atoms. The molecule has 0 radical (unpaired) electrons. The number of hydrogen-bond acceptors (Lipinski definition) is 3. The molecule has 5 rings (SSSR count). The van der Waals surface area contributed by atoms with Crippen molar-refractivity contribution >= 4 is 22.7 Å². The van der Waals surface area contributed by atoms with Gasteiger partial charge in [0.05, 0.1) is 18.1 Å². The second kappa shape index (κ2) is 6.46. The largest absolute Gasteiger partial charge is 0.497 e. The zero-order chi connectivity index (χ0) is 19.1. The first-order valence-electron chi connectivity index (χ1n) is 9.04. The molecule has 5 nitrogen and oxygen atoms in total. The molecule has 0 saturated carbocycles. The number of hydrogen-bond donors (Lipinski definition) is 2. The van der Waals surface area contributed by atoms with Crippen LogP contribution >= 0.6 is 0 Å². The number of aromatic amines is 2. The van der Waals surface area contributed by atoms with Gasteiger partial charge < -0.3 is 19.4 Å². The van der Waals surface area contributed by atoms with Gasteiger partial charge in [-0.1, -0.05) is 30.3 Å². The Bertz CT molecular complexity index is 1280. The Balaban J connectivity index is 1.73. The normalized spacial score (nSPS) is 14.2. The summed E-state index contributed by atoms with van der Waals surface area (Å²) in [6.07, 6.45) is 2.13. The van der Waals surface area contributed by atoms with Gasteiger partial charge in [-0.3, -0.25) is 0 Å². The van der Waals surface area contributed by atoms with Crippen LogP contribution in [0.3, 0.4) is 0 Å². The molecule has 2 N–H and O–H groups in total. The fourth-order valence-electron chi connectivity index (χ4n) is 3.64. The molecule has 0 saturated heterocycles. The molecule has 1 aliphatic rings. The van der Waals surface area contributed by atoms with E-state index < -0.39 is 0 Å². The fourth-order valence-corrected chi connectivity index (χ4v) is 3.64. The maximum Gasteiger partial charge on any atom is 0.323 e. The molecular weight excluding hydrogens is 352 g/mol. The van der Waals surface area contributed by atoms with Gasteiger partial charge in [-0.2, -0.15) is 0 Å². The summed E-state index contributed by atoms with van der Waals surface area (Å²) in [6.45, 7) is 0.498. The van der Waals surface area contributed by atoms with Crippen LogP contribution in [0.4, 0.5) is 0 Å². The number of imidazole rings is 1. The van der Waals surface area contributed by atoms with Gasteiger partial charge in [-0.15, -0.1) is 0 Å². The van der Waals surface area contributed by atoms with Crippen LogP contribution in [-0.2, 0) is 6.61 Å². The van der Waals surface area contributed by atoms with Crippen LogP contribution in [0.1, 0.15) is 22.3 Å². The van der Waals surface area contributed by atoms with Gasteiger partial charge in [0.2, 0.25) is 0 Å². The fraction of sp³-hybridized carbons (Fsp3) is 0.0870. The quantitative estimate of drug-likeness (QED) is 0.551. The van der Waals surface area contributed by atoms with Crippen molar-refractivity contribution in [3.05, 3.63) is 93.4 Å². The van der Waals surface area contributed by atoms with E-state index in [0.29, 0.717) is 6.61 Å². The Morgan fingerprint density at radius 1 is 0.964 bits per heavy atom. The maximum atomic E-state index is 11.6. The van der Waals surface area contributed by atoms with E-state index in [1.54, 1.807) is 7.11 Å². The number of benzene rings is 3. The zero-order valence-corrected chi connectivity index (χ0v) is 15.3. The number of ether oxygens (including phenoxy) is 2. The molecule has 1 aliphatic heterocycles. The van der Waals surface area contributed by atoms with Gasteiger partial charge in [0, 0.05) is 11.6 Å². The summed E-state index contributed by atoms with van der Waals surface area (Å²) >= 11 is 0. The highest BCUT2D eigenvalue weighted by Gasteiger charge is 2.19. The molecule has 1 aromatic heterocycles. The summed E-state index contributed by atoms with van der Waals surface area (Å²) in [6, 6.07) is 20.0. The van der Waals surface area contributed by atoms with Gasteiger partial charge in [0.1, 0.15) is 18.1 Å². The Morgan fingerprint density at radius 3 is 2.71 bits per heavy atom. The van der Waals surface area contributed by atoms with E-state index >= 15 is 0 Å². The maximum absolute atomic E-state index is 11.6. The molecule has 0 aliphatic carbocycles. The molecule has 28 heavy (non-hydrogen) atoms. The topological polar surface area (TPSA) is 67.1 Å². The van der Waals surface area contributed by atoms with Crippen molar-refractivity contribution in [2.24, 2.45) is 0 Å². The van der Waals surface area contributed by atoms with Crippen molar-refractivity contribution in [1.82, 2.24) is 9.97 Å². The molecule has 4 aromatic rings. The number of aromatic nitrogens is 2. The van der Waals surface area contributed by atoms with Crippen molar-refractivity contribution in [2.45, 2.75) is 6.61 Å². The van der Waals surface area contributed by atoms with Crippen LogP contribution in [0.25, 0.3) is 22.7 Å². The van der Waals surface area contributed by atoms with Crippen molar-refractivity contribution in [1.29, 1.82) is 0 Å². The van der Waals surface area contributed by atoms with E-state index in [4.69, 9.17) is 9.47 Å². The van der Waals surface area contributed by atoms with Crippen LogP contribution in [0.15, 0.2) is 65.5 Å². The van der Waals surface area contributed by atoms with E-state index in [9.17, 15) is 4.79 Å². The van der Waals surface area contributed by atoms with Gasteiger partial charge in [0.25, 0.3) is 0 Å². The van der Waals surface area contributed by atoms with E-state index in [1.807, 2.05) is 48.5 Å². The van der Waals surface area contributed by atoms with E-state index in [1.165, 1.54) is 0 Å². The third kappa shape index (κ3) is 2.77. The average molecular weight is 370 g/mol. The molecule has 0 spiro atoms. The molecule has 3 aromatic carbocycles. The monoisotopic (exact) mass is 370 g/mol. The minimum absolute atomic E-state index is 0.203. The van der Waals surface area contributed by atoms with Crippen LogP contribution in [-0.4, -0.2) is 17.1 Å². The second-order valence-corrected chi connectivity index (χ2v) is 6.75. The Morgan fingerprint density at radius 2 is 1.82 bits per heavy atom. The van der Waals surface area contributed by atoms with E-state index in [-0.39, 0.29) is 5.69 Å². The average Bonchev–Trinajstić information content (AvgIpc) is 3.02. The highest BCUT2D eigenvalue weighted by atomic mass is 16.5. The number of H-pyrrole nitrogens is 2. The Labute approximate surface area is 161 Å². The molecule has 0 amide bonds. The predicted octanol–water partition coefficient (Wildman–Crippen LogP) is 4.35. The van der Waals surface area contributed by atoms with Gasteiger partial charge in [-0.25, -0.2) is 4.79 Å². The summed E-state index contributed by atoms with van der Waals surface area (Å²) in [5.74, 6) is 1.55. The van der Waals surface area contributed by atoms with Crippen LogP contribution < -0.4 is 15.2 Å². The van der Waals surface area contributed by atoms with Gasteiger partial charge >= 0.3 is 5.69 Å². The molecular formula is C23H18N2O3. The predicted molar refractivity (Wildman–Crippen MR) is 110 cm³/mol. The Kier molecular flexibility index (Phi) is 3.79. The second-order valence-electron chi connectivity index (χ2n) is 6.75. The summed E-state index contributed by atoms with van der Waals surface area (Å²) in [4.78, 5) is 17.2. The third-order valence-electron chi connectivity index (χ3n) is 5.02. The lowest BCUT2D eigenvalue weighted by Gasteiger charge is -2.12. The number of methoxy groups -OCH3 is 1. The number of fused-ring (bicyclic) bond motifs is 3. The number of nitrogens with one attached hydrogen (secondary N) is 2. The number of rotatable bonds is 2.